The van der Waals surface area contributed by atoms with Crippen molar-refractivity contribution in [2.24, 2.45) is 0 Å². The molecule has 1 atom stereocenters. The van der Waals surface area contributed by atoms with Crippen LogP contribution < -0.4 is 5.32 Å². The predicted octanol–water partition coefficient (Wildman–Crippen LogP) is 2.84. The summed E-state index contributed by atoms with van der Waals surface area (Å²) in [6, 6.07) is 10.3. The largest absolute Gasteiger partial charge is 0.298 e. The number of nitrogens with zero attached hydrogens (tertiary/aromatic N) is 1. The Hall–Kier alpha value is -0.850. The van der Waals surface area contributed by atoms with Crippen LogP contribution >= 0.6 is 15.9 Å². The van der Waals surface area contributed by atoms with Crippen molar-refractivity contribution in [1.82, 2.24) is 5.32 Å². The molecule has 0 aliphatic rings. The summed E-state index contributed by atoms with van der Waals surface area (Å²) >= 11 is 3.38. The van der Waals surface area contributed by atoms with E-state index in [1.165, 1.54) is 5.56 Å². The molecule has 14 heavy (non-hydrogen) atoms. The topological polar surface area (TPSA) is 35.8 Å². The highest BCUT2D eigenvalue weighted by Crippen LogP contribution is 2.10. The Morgan fingerprint density at radius 1 is 1.43 bits per heavy atom. The molecule has 2 nitrogen and oxygen atoms in total. The summed E-state index contributed by atoms with van der Waals surface area (Å²) in [6.07, 6.45) is 0.840. The maximum atomic E-state index is 8.73. The van der Waals surface area contributed by atoms with E-state index in [1.54, 1.807) is 0 Å². The Labute approximate surface area is 93.1 Å². The quantitative estimate of drug-likeness (QED) is 0.895. The van der Waals surface area contributed by atoms with Gasteiger partial charge in [-0.25, -0.2) is 0 Å². The van der Waals surface area contributed by atoms with E-state index in [0.29, 0.717) is 0 Å². The maximum Gasteiger partial charge on any atom is 0.0952 e. The Bertz CT molecular complexity index is 313. The van der Waals surface area contributed by atoms with Crippen LogP contribution in [0.2, 0.25) is 0 Å². The van der Waals surface area contributed by atoms with E-state index >= 15 is 0 Å². The van der Waals surface area contributed by atoms with Crippen molar-refractivity contribution < 1.29 is 0 Å². The monoisotopic (exact) mass is 252 g/mol. The SMILES string of the molecule is CCC(C#N)NCc1ccc(Br)cc1. The van der Waals surface area contributed by atoms with E-state index in [-0.39, 0.29) is 6.04 Å². The van der Waals surface area contributed by atoms with Gasteiger partial charge in [-0.2, -0.15) is 5.26 Å². The number of nitrogens with one attached hydrogen (secondary N) is 1. The minimum absolute atomic E-state index is 0.0429. The summed E-state index contributed by atoms with van der Waals surface area (Å²) in [5.74, 6) is 0. The highest BCUT2D eigenvalue weighted by molar-refractivity contribution is 9.10. The van der Waals surface area contributed by atoms with Gasteiger partial charge in [0.25, 0.3) is 0 Å². The number of benzene rings is 1. The third-order valence-electron chi connectivity index (χ3n) is 2.03. The van der Waals surface area contributed by atoms with Crippen molar-refractivity contribution in [2.75, 3.05) is 0 Å². The molecule has 0 saturated carbocycles. The summed E-state index contributed by atoms with van der Waals surface area (Å²) in [7, 11) is 0. The van der Waals surface area contributed by atoms with E-state index in [2.05, 4.69) is 27.3 Å². The van der Waals surface area contributed by atoms with Gasteiger partial charge in [0.1, 0.15) is 0 Å². The van der Waals surface area contributed by atoms with Crippen molar-refractivity contribution in [3.63, 3.8) is 0 Å². The van der Waals surface area contributed by atoms with Crippen LogP contribution in [0.15, 0.2) is 28.7 Å². The summed E-state index contributed by atoms with van der Waals surface area (Å²) in [5.41, 5.74) is 1.20. The van der Waals surface area contributed by atoms with Crippen molar-refractivity contribution in [1.29, 1.82) is 5.26 Å². The van der Waals surface area contributed by atoms with Crippen LogP contribution in [0.4, 0.5) is 0 Å². The molecule has 1 aromatic rings. The lowest BCUT2D eigenvalue weighted by Crippen LogP contribution is -2.25. The molecule has 0 spiro atoms. The Morgan fingerprint density at radius 3 is 2.57 bits per heavy atom. The first-order valence-corrected chi connectivity index (χ1v) is 5.43. The van der Waals surface area contributed by atoms with Crippen LogP contribution in [0.1, 0.15) is 18.9 Å². The number of rotatable bonds is 4. The zero-order valence-electron chi connectivity index (χ0n) is 8.13. The van der Waals surface area contributed by atoms with Gasteiger partial charge < -0.3 is 0 Å². The van der Waals surface area contributed by atoms with E-state index in [0.717, 1.165) is 17.4 Å². The van der Waals surface area contributed by atoms with E-state index in [9.17, 15) is 0 Å². The number of halogens is 1. The first-order valence-electron chi connectivity index (χ1n) is 4.63. The molecule has 0 amide bonds. The van der Waals surface area contributed by atoms with Crippen LogP contribution in [-0.2, 0) is 6.54 Å². The number of nitriles is 1. The average Bonchev–Trinajstić information content (AvgIpc) is 2.22. The summed E-state index contributed by atoms with van der Waals surface area (Å²) in [5, 5.41) is 11.9. The molecule has 1 unspecified atom stereocenters. The first-order chi connectivity index (χ1) is 6.76. The number of hydrogen-bond donors (Lipinski definition) is 1. The molecule has 0 aliphatic heterocycles. The first kappa shape index (κ1) is 11.2. The summed E-state index contributed by atoms with van der Waals surface area (Å²) in [4.78, 5) is 0. The molecule has 0 radical (unpaired) electrons. The van der Waals surface area contributed by atoms with Crippen LogP contribution in [0.3, 0.4) is 0 Å². The Kier molecular flexibility index (Phi) is 4.64. The second-order valence-electron chi connectivity index (χ2n) is 3.10. The molecule has 1 aromatic carbocycles. The van der Waals surface area contributed by atoms with Gasteiger partial charge >= 0.3 is 0 Å². The average molecular weight is 253 g/mol. The molecule has 0 heterocycles. The second kappa shape index (κ2) is 5.79. The molecule has 1 rings (SSSR count). The van der Waals surface area contributed by atoms with Gasteiger partial charge in [-0.15, -0.1) is 0 Å². The minimum atomic E-state index is -0.0429. The highest BCUT2D eigenvalue weighted by atomic mass is 79.9. The normalized spacial score (nSPS) is 12.1. The lowest BCUT2D eigenvalue weighted by molar-refractivity contribution is 0.587. The molecule has 0 saturated heterocycles. The van der Waals surface area contributed by atoms with Gasteiger partial charge in [0.15, 0.2) is 0 Å². The lowest BCUT2D eigenvalue weighted by Gasteiger charge is -2.08. The predicted molar refractivity (Wildman–Crippen MR) is 60.7 cm³/mol. The third-order valence-corrected chi connectivity index (χ3v) is 2.56. The highest BCUT2D eigenvalue weighted by Gasteiger charge is 2.02. The van der Waals surface area contributed by atoms with E-state index < -0.39 is 0 Å². The summed E-state index contributed by atoms with van der Waals surface area (Å²) in [6.45, 7) is 2.75. The second-order valence-corrected chi connectivity index (χ2v) is 4.01. The molecule has 0 aliphatic carbocycles. The molecule has 3 heteroatoms. The molecule has 0 bridgehead atoms. The van der Waals surface area contributed by atoms with E-state index in [4.69, 9.17) is 5.26 Å². The van der Waals surface area contributed by atoms with Gasteiger partial charge in [-0.05, 0) is 24.1 Å². The van der Waals surface area contributed by atoms with Gasteiger partial charge in [0.05, 0.1) is 12.1 Å². The summed E-state index contributed by atoms with van der Waals surface area (Å²) < 4.78 is 1.08. The van der Waals surface area contributed by atoms with Crippen molar-refractivity contribution >= 4 is 15.9 Å². The lowest BCUT2D eigenvalue weighted by atomic mass is 10.2. The minimum Gasteiger partial charge on any atom is -0.298 e. The van der Waals surface area contributed by atoms with Crippen molar-refractivity contribution in [2.45, 2.75) is 25.9 Å². The maximum absolute atomic E-state index is 8.73. The smallest absolute Gasteiger partial charge is 0.0952 e. The fourth-order valence-corrected chi connectivity index (χ4v) is 1.39. The van der Waals surface area contributed by atoms with Crippen LogP contribution in [-0.4, -0.2) is 6.04 Å². The van der Waals surface area contributed by atoms with Gasteiger partial charge in [-0.1, -0.05) is 35.0 Å². The van der Waals surface area contributed by atoms with E-state index in [1.807, 2.05) is 31.2 Å². The Balaban J connectivity index is 2.46. The van der Waals surface area contributed by atoms with Crippen LogP contribution in [0, 0.1) is 11.3 Å². The molecule has 0 fully saturated rings. The fourth-order valence-electron chi connectivity index (χ4n) is 1.12. The number of hydrogen-bond acceptors (Lipinski definition) is 2. The van der Waals surface area contributed by atoms with Gasteiger partial charge in [0, 0.05) is 11.0 Å². The standard InChI is InChI=1S/C11H13BrN2/c1-2-11(7-13)14-8-9-3-5-10(12)6-4-9/h3-6,11,14H,2,8H2,1H3. The fraction of sp³-hybridized carbons (Fsp3) is 0.364. The van der Waals surface area contributed by atoms with Gasteiger partial charge in [0.2, 0.25) is 0 Å². The van der Waals surface area contributed by atoms with Crippen LogP contribution in [0.25, 0.3) is 0 Å². The third kappa shape index (κ3) is 3.49. The molecular formula is C11H13BrN2. The zero-order valence-corrected chi connectivity index (χ0v) is 9.71. The van der Waals surface area contributed by atoms with Crippen LogP contribution in [0.5, 0.6) is 0 Å². The Morgan fingerprint density at radius 2 is 2.07 bits per heavy atom. The molecule has 1 N–H and O–H groups in total. The van der Waals surface area contributed by atoms with Crippen molar-refractivity contribution in [3.8, 4) is 6.07 Å². The van der Waals surface area contributed by atoms with Gasteiger partial charge in [-0.3, -0.25) is 5.32 Å². The molecule has 0 aromatic heterocycles. The zero-order chi connectivity index (χ0) is 10.4. The van der Waals surface area contributed by atoms with Crippen molar-refractivity contribution in [3.05, 3.63) is 34.3 Å². The molecule has 74 valence electrons. The molecular weight excluding hydrogens is 240 g/mol.